The van der Waals surface area contributed by atoms with Crippen molar-refractivity contribution < 1.29 is 9.59 Å². The Morgan fingerprint density at radius 1 is 1.21 bits per heavy atom. The largest absolute Gasteiger partial charge is 0.352 e. The lowest BCUT2D eigenvalue weighted by Gasteiger charge is -2.35. The summed E-state index contributed by atoms with van der Waals surface area (Å²) in [5.41, 5.74) is 0. The molecule has 0 bridgehead atoms. The van der Waals surface area contributed by atoms with Crippen LogP contribution >= 0.6 is 11.3 Å². The monoisotopic (exact) mass is 349 g/mol. The van der Waals surface area contributed by atoms with Crippen LogP contribution in [0, 0.1) is 5.92 Å². The Morgan fingerprint density at radius 2 is 1.96 bits per heavy atom. The van der Waals surface area contributed by atoms with Gasteiger partial charge in [-0.1, -0.05) is 25.8 Å². The molecule has 0 radical (unpaired) electrons. The van der Waals surface area contributed by atoms with Crippen LogP contribution in [0.5, 0.6) is 0 Å². The zero-order chi connectivity index (χ0) is 16.9. The zero-order valence-electron chi connectivity index (χ0n) is 14.4. The van der Waals surface area contributed by atoms with Crippen LogP contribution in [0.15, 0.2) is 17.5 Å². The molecule has 3 rings (SSSR count). The summed E-state index contributed by atoms with van der Waals surface area (Å²) in [6.45, 7) is 5.62. The van der Waals surface area contributed by atoms with Crippen LogP contribution < -0.4 is 5.32 Å². The first-order chi connectivity index (χ1) is 11.6. The van der Waals surface area contributed by atoms with Crippen LogP contribution in [0.1, 0.15) is 42.3 Å². The maximum Gasteiger partial charge on any atom is 0.264 e. The van der Waals surface area contributed by atoms with Crippen molar-refractivity contribution >= 4 is 23.2 Å². The Bertz CT molecular complexity index is 553. The summed E-state index contributed by atoms with van der Waals surface area (Å²) in [5, 5.41) is 5.14. The molecule has 6 heteroatoms. The Morgan fingerprint density at radius 3 is 2.62 bits per heavy atom. The molecule has 2 aliphatic rings. The molecule has 1 N–H and O–H groups in total. The first-order valence-corrected chi connectivity index (χ1v) is 9.86. The van der Waals surface area contributed by atoms with Gasteiger partial charge in [0.25, 0.3) is 5.91 Å². The second-order valence-electron chi connectivity index (χ2n) is 6.98. The molecule has 132 valence electrons. The van der Waals surface area contributed by atoms with Gasteiger partial charge >= 0.3 is 0 Å². The van der Waals surface area contributed by atoms with E-state index in [4.69, 9.17) is 0 Å². The number of rotatable bonds is 4. The van der Waals surface area contributed by atoms with Crippen molar-refractivity contribution in [3.8, 4) is 0 Å². The molecule has 2 fully saturated rings. The molecule has 0 aromatic carbocycles. The molecule has 1 saturated carbocycles. The normalized spacial score (nSPS) is 25.5. The van der Waals surface area contributed by atoms with Crippen molar-refractivity contribution in [3.05, 3.63) is 22.4 Å². The number of hydrogen-bond acceptors (Lipinski definition) is 4. The van der Waals surface area contributed by atoms with Gasteiger partial charge in [0.05, 0.1) is 11.4 Å². The van der Waals surface area contributed by atoms with Crippen LogP contribution in [0.3, 0.4) is 0 Å². The minimum Gasteiger partial charge on any atom is -0.352 e. The molecule has 1 aromatic rings. The summed E-state index contributed by atoms with van der Waals surface area (Å²) in [5.74, 6) is 0.833. The van der Waals surface area contributed by atoms with Gasteiger partial charge in [-0.05, 0) is 30.2 Å². The van der Waals surface area contributed by atoms with E-state index in [1.54, 1.807) is 0 Å². The average Bonchev–Trinajstić information content (AvgIpc) is 3.11. The van der Waals surface area contributed by atoms with Gasteiger partial charge in [-0.15, -0.1) is 11.3 Å². The van der Waals surface area contributed by atoms with Crippen molar-refractivity contribution in [2.24, 2.45) is 5.92 Å². The van der Waals surface area contributed by atoms with Gasteiger partial charge < -0.3 is 10.2 Å². The number of carbonyl (C=O) groups excluding carboxylic acids is 2. The van der Waals surface area contributed by atoms with E-state index in [0.717, 1.165) is 24.4 Å². The quantitative estimate of drug-likeness (QED) is 0.907. The smallest absolute Gasteiger partial charge is 0.264 e. The van der Waals surface area contributed by atoms with Crippen molar-refractivity contribution in [2.75, 3.05) is 32.7 Å². The first-order valence-electron chi connectivity index (χ1n) is 8.98. The van der Waals surface area contributed by atoms with Crippen molar-refractivity contribution in [1.82, 2.24) is 15.1 Å². The second kappa shape index (κ2) is 8.12. The van der Waals surface area contributed by atoms with Gasteiger partial charge in [0.2, 0.25) is 5.91 Å². The van der Waals surface area contributed by atoms with Crippen molar-refractivity contribution in [2.45, 2.75) is 38.6 Å². The fourth-order valence-electron chi connectivity index (χ4n) is 3.65. The van der Waals surface area contributed by atoms with Gasteiger partial charge in [-0.2, -0.15) is 0 Å². The minimum atomic E-state index is 0.116. The number of carbonyl (C=O) groups is 2. The van der Waals surface area contributed by atoms with E-state index in [0.29, 0.717) is 31.6 Å². The molecule has 2 atom stereocenters. The summed E-state index contributed by atoms with van der Waals surface area (Å²) in [6.07, 6.45) is 4.83. The maximum atomic E-state index is 12.3. The molecule has 1 saturated heterocycles. The van der Waals surface area contributed by atoms with E-state index in [1.807, 2.05) is 22.4 Å². The molecule has 2 heterocycles. The molecule has 5 nitrogen and oxygen atoms in total. The van der Waals surface area contributed by atoms with Crippen molar-refractivity contribution in [3.63, 3.8) is 0 Å². The van der Waals surface area contributed by atoms with Gasteiger partial charge in [0.15, 0.2) is 0 Å². The van der Waals surface area contributed by atoms with Gasteiger partial charge in [-0.25, -0.2) is 0 Å². The standard InChI is InChI=1S/C18H27N3O2S/c1-14-5-2-3-6-15(14)19-17(22)13-20-8-10-21(11-9-20)18(23)16-7-4-12-24-16/h4,7,12,14-15H,2-3,5-6,8-11,13H2,1H3,(H,19,22)/t14-,15+/m1/s1. The summed E-state index contributed by atoms with van der Waals surface area (Å²) in [4.78, 5) is 29.5. The fraction of sp³-hybridized carbons (Fsp3) is 0.667. The maximum absolute atomic E-state index is 12.3. The first kappa shape index (κ1) is 17.4. The topological polar surface area (TPSA) is 52.7 Å². The highest BCUT2D eigenvalue weighted by molar-refractivity contribution is 7.12. The SMILES string of the molecule is C[C@@H]1CCCC[C@@H]1NC(=O)CN1CCN(C(=O)c2cccs2)CC1. The highest BCUT2D eigenvalue weighted by Gasteiger charge is 2.26. The minimum absolute atomic E-state index is 0.116. The molecular weight excluding hydrogens is 322 g/mol. The third-order valence-electron chi connectivity index (χ3n) is 5.22. The molecule has 24 heavy (non-hydrogen) atoms. The third-order valence-corrected chi connectivity index (χ3v) is 6.07. The average molecular weight is 350 g/mol. The lowest BCUT2D eigenvalue weighted by molar-refractivity contribution is -0.123. The van der Waals surface area contributed by atoms with Crippen LogP contribution in [0.25, 0.3) is 0 Å². The summed E-state index contributed by atoms with van der Waals surface area (Å²) >= 11 is 1.49. The fourth-order valence-corrected chi connectivity index (χ4v) is 4.34. The lowest BCUT2D eigenvalue weighted by atomic mass is 9.86. The molecule has 1 aromatic heterocycles. The zero-order valence-corrected chi connectivity index (χ0v) is 15.2. The Balaban J connectivity index is 1.42. The van der Waals surface area contributed by atoms with Crippen LogP contribution in [0.2, 0.25) is 0 Å². The highest BCUT2D eigenvalue weighted by atomic mass is 32.1. The van der Waals surface area contributed by atoms with Gasteiger partial charge in [0, 0.05) is 32.2 Å². The second-order valence-corrected chi connectivity index (χ2v) is 7.93. The van der Waals surface area contributed by atoms with E-state index in [-0.39, 0.29) is 11.8 Å². The molecule has 0 unspecified atom stereocenters. The molecule has 1 aliphatic carbocycles. The van der Waals surface area contributed by atoms with Crippen molar-refractivity contribution in [1.29, 1.82) is 0 Å². The Hall–Kier alpha value is -1.40. The van der Waals surface area contributed by atoms with E-state index in [1.165, 1.54) is 30.6 Å². The molecular formula is C18H27N3O2S. The predicted molar refractivity (Wildman–Crippen MR) is 96.2 cm³/mol. The van der Waals surface area contributed by atoms with E-state index < -0.39 is 0 Å². The molecule has 0 spiro atoms. The Kier molecular flexibility index (Phi) is 5.89. The summed E-state index contributed by atoms with van der Waals surface area (Å²) in [7, 11) is 0. The summed E-state index contributed by atoms with van der Waals surface area (Å²) < 4.78 is 0. The lowest BCUT2D eigenvalue weighted by Crippen LogP contribution is -2.52. The highest BCUT2D eigenvalue weighted by Crippen LogP contribution is 2.23. The number of nitrogens with one attached hydrogen (secondary N) is 1. The number of amides is 2. The molecule has 2 amide bonds. The van der Waals surface area contributed by atoms with E-state index in [9.17, 15) is 9.59 Å². The number of piperazine rings is 1. The number of thiophene rings is 1. The van der Waals surface area contributed by atoms with Crippen LogP contribution in [-0.4, -0.2) is 60.4 Å². The van der Waals surface area contributed by atoms with Gasteiger partial charge in [0.1, 0.15) is 0 Å². The number of hydrogen-bond donors (Lipinski definition) is 1. The number of nitrogens with zero attached hydrogens (tertiary/aromatic N) is 2. The summed E-state index contributed by atoms with van der Waals surface area (Å²) in [6, 6.07) is 4.12. The third kappa shape index (κ3) is 4.36. The van der Waals surface area contributed by atoms with E-state index >= 15 is 0 Å². The van der Waals surface area contributed by atoms with Gasteiger partial charge in [-0.3, -0.25) is 14.5 Å². The predicted octanol–water partition coefficient (Wildman–Crippen LogP) is 2.20. The van der Waals surface area contributed by atoms with Crippen LogP contribution in [-0.2, 0) is 4.79 Å². The van der Waals surface area contributed by atoms with Crippen LogP contribution in [0.4, 0.5) is 0 Å². The molecule has 1 aliphatic heterocycles. The van der Waals surface area contributed by atoms with E-state index in [2.05, 4.69) is 17.1 Å². The Labute approximate surface area is 148 Å².